The van der Waals surface area contributed by atoms with E-state index in [4.69, 9.17) is 0 Å². The zero-order chi connectivity index (χ0) is 73.5. The Hall–Kier alpha value is -4.44. The summed E-state index contributed by atoms with van der Waals surface area (Å²) in [5, 5.41) is 70.8. The van der Waals surface area contributed by atoms with Gasteiger partial charge in [0, 0.05) is 109 Å². The molecule has 14 aliphatic rings. The van der Waals surface area contributed by atoms with Gasteiger partial charge in [-0.05, 0) is 215 Å². The van der Waals surface area contributed by atoms with E-state index < -0.39 is 85.4 Å². The summed E-state index contributed by atoms with van der Waals surface area (Å²) in [6, 6.07) is 0. The first-order valence-corrected chi connectivity index (χ1v) is 39.0. The van der Waals surface area contributed by atoms with Crippen LogP contribution in [0.15, 0.2) is 71.4 Å². The van der Waals surface area contributed by atoms with Gasteiger partial charge in [-0.1, -0.05) is 104 Å². The average Bonchev–Trinajstić information content (AvgIpc) is 1.62. The third kappa shape index (κ3) is 11.0. The van der Waals surface area contributed by atoms with Gasteiger partial charge in [0.1, 0.15) is 5.60 Å². The molecular weight excluding hydrogens is 1280 g/mol. The third-order valence-electron chi connectivity index (χ3n) is 31.4. The monoisotopic (exact) mass is 1410 g/mol. The van der Waals surface area contributed by atoms with Crippen molar-refractivity contribution in [2.45, 2.75) is 226 Å². The van der Waals surface area contributed by atoms with E-state index in [1.807, 2.05) is 47.7 Å². The molecule has 560 valence electrons. The average molecular weight is 1410 g/mol. The minimum atomic E-state index is -1.95. The van der Waals surface area contributed by atoms with Crippen LogP contribution in [-0.2, 0) is 28.8 Å². The van der Waals surface area contributed by atoms with Crippen molar-refractivity contribution in [1.29, 1.82) is 0 Å². The first-order chi connectivity index (χ1) is 47.3. The number of carbonyl (C=O) groups excluding carboxylic acids is 6. The molecule has 101 heavy (non-hydrogen) atoms. The van der Waals surface area contributed by atoms with Gasteiger partial charge in [-0.2, -0.15) is 0 Å². The number of nitrogens with zero attached hydrogens (tertiary/aromatic N) is 5. The van der Waals surface area contributed by atoms with E-state index in [9.17, 15) is 59.4 Å². The summed E-state index contributed by atoms with van der Waals surface area (Å²) >= 11 is 0. The van der Waals surface area contributed by atoms with Gasteiger partial charge in [0.05, 0.1) is 18.3 Å². The fraction of sp³-hybridized carbons (Fsp3) is 0.780. The Balaban J connectivity index is 0.000000143. The van der Waals surface area contributed by atoms with Crippen LogP contribution in [0.25, 0.3) is 0 Å². The molecule has 14 rings (SSSR count). The zero-order valence-electron chi connectivity index (χ0n) is 62.9. The quantitative estimate of drug-likeness (QED) is 0.113. The molecule has 2 aliphatic heterocycles. The minimum Gasteiger partial charge on any atom is -0.393 e. The molecule has 9 saturated carbocycles. The summed E-state index contributed by atoms with van der Waals surface area (Å²) < 4.78 is 34.5. The Morgan fingerprint density at radius 1 is 0.545 bits per heavy atom. The number of rotatable bonds is 11. The van der Waals surface area contributed by atoms with Gasteiger partial charge >= 0.3 is 0 Å². The van der Waals surface area contributed by atoms with E-state index >= 15 is 8.78 Å². The van der Waals surface area contributed by atoms with E-state index in [1.165, 1.54) is 24.3 Å². The lowest BCUT2D eigenvalue weighted by molar-refractivity contribution is -0.223. The van der Waals surface area contributed by atoms with Crippen LogP contribution in [0.3, 0.4) is 0 Å². The lowest BCUT2D eigenvalue weighted by Crippen LogP contribution is -2.70. The van der Waals surface area contributed by atoms with Gasteiger partial charge in [-0.3, -0.25) is 33.7 Å². The number of alkyl halides is 2. The van der Waals surface area contributed by atoms with Crippen molar-refractivity contribution in [3.8, 4) is 0 Å². The highest BCUT2D eigenvalue weighted by atomic mass is 19.1. The molecule has 0 spiro atoms. The van der Waals surface area contributed by atoms with E-state index in [-0.39, 0.29) is 101 Å². The SMILES string of the molecule is CCCN1CCN(C(=O)[C@@]2(O)[C@@H](C)C[C@H]3[C@@H]4CCC5=CC(=O)C=C[C@]5(C)[C@@]4(F)[C@@H](O)C[C@@]32C)CC1.CCN(CC)CCCC(=O)[C@@]1(O)[C@@H](C)C[C@H]2[C@@H]3CCC4=CC(=O)C=C[C@]4(C)[C@H]3[C@@H](O)C[C@@]21C.C[C@H]1C[C@H]2[C@@H]3CCC4=CC(=O)C=C[C@]4(C)[C@@]3(F)[C@@H](O)C[C@]2(C)[C@@]1(O)C(=O)N1CCN(C)CC1. The smallest absolute Gasteiger partial charge is 0.255 e. The number of Topliss-reactive ketones (excluding diaryl/α,β-unsaturated/α-hetero) is 1. The van der Waals surface area contributed by atoms with Crippen LogP contribution in [0, 0.1) is 91.7 Å². The highest BCUT2D eigenvalue weighted by molar-refractivity contribution is 6.02. The van der Waals surface area contributed by atoms with E-state index in [0.29, 0.717) is 77.5 Å². The topological polar surface area (TPSA) is 240 Å². The molecule has 0 aromatic heterocycles. The van der Waals surface area contributed by atoms with Gasteiger partial charge in [-0.15, -0.1) is 0 Å². The highest BCUT2D eigenvalue weighted by Crippen LogP contribution is 2.74. The first kappa shape index (κ1) is 76.2. The van der Waals surface area contributed by atoms with Crippen LogP contribution in [-0.4, -0.2) is 222 Å². The molecule has 0 bridgehead atoms. The zero-order valence-corrected chi connectivity index (χ0v) is 62.9. The minimum absolute atomic E-state index is 0.0206. The van der Waals surface area contributed by atoms with E-state index in [2.05, 4.69) is 49.3 Å². The van der Waals surface area contributed by atoms with Gasteiger partial charge in [-0.25, -0.2) is 8.78 Å². The van der Waals surface area contributed by atoms with E-state index in [1.54, 1.807) is 48.0 Å². The third-order valence-corrected chi connectivity index (χ3v) is 31.4. The number of halogens is 2. The van der Waals surface area contributed by atoms with Crippen molar-refractivity contribution < 1.29 is 68.2 Å². The lowest BCUT2D eigenvalue weighted by Gasteiger charge is -2.62. The number of ketones is 4. The Labute approximate surface area is 599 Å². The molecule has 0 unspecified atom stereocenters. The molecule has 0 aromatic carbocycles. The van der Waals surface area contributed by atoms with Crippen LogP contribution in [0.5, 0.6) is 0 Å². The maximum Gasteiger partial charge on any atom is 0.255 e. The molecule has 0 radical (unpaired) electrons. The van der Waals surface area contributed by atoms with Crippen LogP contribution in [0.4, 0.5) is 8.78 Å². The Kier molecular flexibility index (Phi) is 20.2. The molecule has 2 saturated heterocycles. The molecule has 6 N–H and O–H groups in total. The number of fused-ring (bicyclic) bond motifs is 15. The number of aliphatic hydroxyl groups excluding tert-OH is 3. The highest BCUT2D eigenvalue weighted by Gasteiger charge is 2.79. The van der Waals surface area contributed by atoms with Crippen LogP contribution < -0.4 is 0 Å². The van der Waals surface area contributed by atoms with Gasteiger partial charge < -0.3 is 50.2 Å². The summed E-state index contributed by atoms with van der Waals surface area (Å²) in [7, 11) is 2.02. The number of aliphatic hydroxyl groups is 6. The molecule has 11 fully saturated rings. The fourth-order valence-corrected chi connectivity index (χ4v) is 25.4. The maximum absolute atomic E-state index is 17.3. The summed E-state index contributed by atoms with van der Waals surface area (Å²) in [5.74, 6) is -2.58. The molecule has 2 amide bonds. The summed E-state index contributed by atoms with van der Waals surface area (Å²) in [4.78, 5) is 87.7. The Morgan fingerprint density at radius 2 is 0.960 bits per heavy atom. The fourth-order valence-electron chi connectivity index (χ4n) is 25.4. The second kappa shape index (κ2) is 26.8. The van der Waals surface area contributed by atoms with Crippen molar-refractivity contribution in [3.63, 3.8) is 0 Å². The number of carbonyl (C=O) groups is 6. The van der Waals surface area contributed by atoms with Crippen molar-refractivity contribution in [3.05, 3.63) is 71.4 Å². The first-order valence-electron chi connectivity index (χ1n) is 39.0. The normalized spacial score (nSPS) is 47.3. The number of hydrogen-bond acceptors (Lipinski definition) is 15. The number of allylic oxidation sites excluding steroid dienone is 12. The van der Waals surface area contributed by atoms with Gasteiger partial charge in [0.15, 0.2) is 45.7 Å². The number of hydrogen-bond donors (Lipinski definition) is 6. The number of likely N-dealkylation sites (N-methyl/N-ethyl adjacent to an activating group) is 1. The number of piperazine rings is 2. The van der Waals surface area contributed by atoms with Crippen LogP contribution in [0.2, 0.25) is 0 Å². The largest absolute Gasteiger partial charge is 0.393 e. The van der Waals surface area contributed by atoms with Crippen molar-refractivity contribution in [1.82, 2.24) is 24.5 Å². The second-order valence-corrected chi connectivity index (χ2v) is 35.7. The summed E-state index contributed by atoms with van der Waals surface area (Å²) in [6.07, 6.45) is 19.9. The predicted octanol–water partition coefficient (Wildman–Crippen LogP) is 8.93. The molecule has 17 nitrogen and oxygen atoms in total. The lowest BCUT2D eigenvalue weighted by atomic mass is 9.44. The van der Waals surface area contributed by atoms with Gasteiger partial charge in [0.25, 0.3) is 11.8 Å². The molecule has 2 heterocycles. The summed E-state index contributed by atoms with van der Waals surface area (Å²) in [6.45, 7) is 33.1. The predicted molar refractivity (Wildman–Crippen MR) is 383 cm³/mol. The van der Waals surface area contributed by atoms with Crippen LogP contribution in [0.1, 0.15) is 179 Å². The standard InChI is InChI=1S/C28H41FN2O4.C28H43NO4.C26H37FN2O4/c1-5-10-30-11-13-31(14-12-30)24(34)28(35)18(2)15-22-21-7-6-19-16-20(32)8-9-25(19,3)27(21,29)23(33)17-26(22,28)4;1-6-29(7-2)14-8-9-24(32)28(33)18(3)15-22-21-11-10-19-16-20(30)12-13-26(19,4)25(21)23(31)17-27(22,28)5;1-16-13-20-19-6-5-17-14-18(30)7-8-23(17,2)25(19,27)21(31)15-24(20,3)26(16,33)22(32)29-11-9-28(4)10-12-29/h8-9,16,18,21-23,33,35H,5-7,10-15,17H2,1-4H3;12-13,16,18,21-23,25,31,33H,6-11,14-15,17H2,1-5H3;7-8,14,16,19-21,31,33H,5-6,9-13,15H2,1-4H3/t18-,21-,22-,23-,25-,26-,27-,28-;18-,21-,22-,23-,25+,26-,27-,28-;16-,19-,20-,21-,23-,24-,25-,26-/m000/s1. The van der Waals surface area contributed by atoms with Crippen molar-refractivity contribution in [2.24, 2.45) is 91.7 Å². The molecule has 0 aromatic rings. The van der Waals surface area contributed by atoms with Crippen molar-refractivity contribution in [2.75, 3.05) is 85.6 Å². The summed E-state index contributed by atoms with van der Waals surface area (Å²) in [5.41, 5.74) is -10.8. The molecule has 24 atom stereocenters. The Bertz CT molecular complexity index is 3480. The van der Waals surface area contributed by atoms with E-state index in [0.717, 1.165) is 101 Å². The van der Waals surface area contributed by atoms with Crippen LogP contribution >= 0.6 is 0 Å². The van der Waals surface area contributed by atoms with Crippen molar-refractivity contribution >= 4 is 34.9 Å². The van der Waals surface area contributed by atoms with Gasteiger partial charge in [0.2, 0.25) is 0 Å². The second-order valence-electron chi connectivity index (χ2n) is 35.7. The Morgan fingerprint density at radius 3 is 1.43 bits per heavy atom. The molecular formula is C82H121F2N5O12. The molecule has 12 aliphatic carbocycles. The molecule has 19 heteroatoms. The maximum atomic E-state index is 17.3. The number of amides is 2.